The fraction of sp³-hybridized carbons (Fsp3) is 0.333. The third-order valence-electron chi connectivity index (χ3n) is 5.03. The Morgan fingerprint density at radius 2 is 1.68 bits per heavy atom. The van der Waals surface area contributed by atoms with Gasteiger partial charge < -0.3 is 10.2 Å². The number of hydrogen-bond donors (Lipinski definition) is 1. The van der Waals surface area contributed by atoms with Gasteiger partial charge in [0.1, 0.15) is 0 Å². The van der Waals surface area contributed by atoms with Crippen LogP contribution in [0.25, 0.3) is 0 Å². The summed E-state index contributed by atoms with van der Waals surface area (Å²) in [6.45, 7) is 8.46. The van der Waals surface area contributed by atoms with Gasteiger partial charge in [0.2, 0.25) is 11.8 Å². The van der Waals surface area contributed by atoms with Crippen molar-refractivity contribution in [3.05, 3.63) is 58.7 Å². The number of rotatable bonds is 3. The minimum atomic E-state index is -0.326. The number of nitrogens with zero attached hydrogens (tertiary/aromatic N) is 1. The standard InChI is InChI=1S/C21H24N2O2/c1-13-8-9-18(10-16(13)4)23-12-17(11-19(23)24)21(25)22-20-14(2)6-5-7-15(20)3/h5-10,17H,11-12H2,1-4H3,(H,22,25)/t17-/m0/s1. The molecule has 4 nitrogen and oxygen atoms in total. The zero-order valence-corrected chi connectivity index (χ0v) is 15.2. The summed E-state index contributed by atoms with van der Waals surface area (Å²) in [5, 5.41) is 3.02. The van der Waals surface area contributed by atoms with Crippen LogP contribution in [0.5, 0.6) is 0 Å². The summed E-state index contributed by atoms with van der Waals surface area (Å²) in [7, 11) is 0. The minimum absolute atomic E-state index is 0.00455. The van der Waals surface area contributed by atoms with Gasteiger partial charge in [-0.3, -0.25) is 9.59 Å². The van der Waals surface area contributed by atoms with E-state index in [-0.39, 0.29) is 24.2 Å². The Balaban J connectivity index is 1.75. The molecule has 1 aliphatic heterocycles. The molecule has 0 bridgehead atoms. The van der Waals surface area contributed by atoms with E-state index in [1.165, 1.54) is 5.56 Å². The normalized spacial score (nSPS) is 17.0. The van der Waals surface area contributed by atoms with Crippen molar-refractivity contribution < 1.29 is 9.59 Å². The second-order valence-electron chi connectivity index (χ2n) is 6.93. The molecule has 2 aromatic carbocycles. The number of benzene rings is 2. The van der Waals surface area contributed by atoms with Crippen LogP contribution in [0.2, 0.25) is 0 Å². The number of aryl methyl sites for hydroxylation is 4. The molecule has 1 N–H and O–H groups in total. The first-order valence-electron chi connectivity index (χ1n) is 8.61. The summed E-state index contributed by atoms with van der Waals surface area (Å²) < 4.78 is 0. The highest BCUT2D eigenvalue weighted by Crippen LogP contribution is 2.28. The van der Waals surface area contributed by atoms with Crippen molar-refractivity contribution in [1.29, 1.82) is 0 Å². The Bertz CT molecular complexity index is 822. The number of hydrogen-bond acceptors (Lipinski definition) is 2. The third-order valence-corrected chi connectivity index (χ3v) is 5.03. The van der Waals surface area contributed by atoms with Gasteiger partial charge in [0, 0.05) is 24.3 Å². The number of amides is 2. The summed E-state index contributed by atoms with van der Waals surface area (Å²) in [6, 6.07) is 11.9. The van der Waals surface area contributed by atoms with Crippen LogP contribution < -0.4 is 10.2 Å². The molecule has 25 heavy (non-hydrogen) atoms. The molecule has 3 rings (SSSR count). The number of carbonyl (C=O) groups excluding carboxylic acids is 2. The van der Waals surface area contributed by atoms with Gasteiger partial charge in [-0.25, -0.2) is 0 Å². The molecular formula is C21H24N2O2. The maximum atomic E-state index is 12.7. The summed E-state index contributed by atoms with van der Waals surface area (Å²) >= 11 is 0. The summed E-state index contributed by atoms with van der Waals surface area (Å²) in [6.07, 6.45) is 0.254. The van der Waals surface area contributed by atoms with Gasteiger partial charge in [-0.15, -0.1) is 0 Å². The summed E-state index contributed by atoms with van der Waals surface area (Å²) in [5.74, 6) is -0.407. The molecule has 0 saturated carbocycles. The van der Waals surface area contributed by atoms with E-state index < -0.39 is 0 Å². The monoisotopic (exact) mass is 336 g/mol. The lowest BCUT2D eigenvalue weighted by atomic mass is 10.1. The van der Waals surface area contributed by atoms with Crippen LogP contribution in [0.15, 0.2) is 36.4 Å². The molecule has 4 heteroatoms. The molecule has 0 unspecified atom stereocenters. The average Bonchev–Trinajstić information content (AvgIpc) is 2.95. The molecule has 1 fully saturated rings. The predicted octanol–water partition coefficient (Wildman–Crippen LogP) is 3.91. The number of para-hydroxylation sites is 1. The fourth-order valence-corrected chi connectivity index (χ4v) is 3.26. The van der Waals surface area contributed by atoms with E-state index in [1.54, 1.807) is 4.90 Å². The van der Waals surface area contributed by atoms with Crippen LogP contribution in [0.1, 0.15) is 28.7 Å². The second kappa shape index (κ2) is 6.71. The van der Waals surface area contributed by atoms with E-state index in [4.69, 9.17) is 0 Å². The first-order valence-corrected chi connectivity index (χ1v) is 8.61. The Morgan fingerprint density at radius 3 is 2.32 bits per heavy atom. The zero-order chi connectivity index (χ0) is 18.1. The van der Waals surface area contributed by atoms with Gasteiger partial charge in [0.25, 0.3) is 0 Å². The Labute approximate surface area is 148 Å². The molecule has 1 aliphatic rings. The van der Waals surface area contributed by atoms with Gasteiger partial charge in [0.15, 0.2) is 0 Å². The van der Waals surface area contributed by atoms with Crippen LogP contribution in [-0.4, -0.2) is 18.4 Å². The molecule has 1 atom stereocenters. The summed E-state index contributed by atoms with van der Waals surface area (Å²) in [4.78, 5) is 26.8. The second-order valence-corrected chi connectivity index (χ2v) is 6.93. The molecule has 0 aliphatic carbocycles. The Morgan fingerprint density at radius 1 is 1.00 bits per heavy atom. The van der Waals surface area contributed by atoms with Crippen molar-refractivity contribution in [3.8, 4) is 0 Å². The molecule has 2 amide bonds. The highest BCUT2D eigenvalue weighted by atomic mass is 16.2. The maximum Gasteiger partial charge on any atom is 0.229 e. The molecule has 0 spiro atoms. The molecular weight excluding hydrogens is 312 g/mol. The third kappa shape index (κ3) is 3.43. The quantitative estimate of drug-likeness (QED) is 0.924. The maximum absolute atomic E-state index is 12.7. The van der Waals surface area contributed by atoms with Gasteiger partial charge in [-0.2, -0.15) is 0 Å². The zero-order valence-electron chi connectivity index (χ0n) is 15.2. The topological polar surface area (TPSA) is 49.4 Å². The van der Waals surface area contributed by atoms with Crippen molar-refractivity contribution in [2.75, 3.05) is 16.8 Å². The molecule has 0 aromatic heterocycles. The predicted molar refractivity (Wildman–Crippen MR) is 101 cm³/mol. The van der Waals surface area contributed by atoms with Crippen LogP contribution >= 0.6 is 0 Å². The van der Waals surface area contributed by atoms with Crippen molar-refractivity contribution >= 4 is 23.2 Å². The van der Waals surface area contributed by atoms with Crippen molar-refractivity contribution in [1.82, 2.24) is 0 Å². The van der Waals surface area contributed by atoms with Gasteiger partial charge >= 0.3 is 0 Å². The van der Waals surface area contributed by atoms with Crippen molar-refractivity contribution in [2.24, 2.45) is 5.92 Å². The smallest absolute Gasteiger partial charge is 0.229 e. The molecule has 2 aromatic rings. The highest BCUT2D eigenvalue weighted by molar-refractivity contribution is 6.04. The minimum Gasteiger partial charge on any atom is -0.325 e. The fourth-order valence-electron chi connectivity index (χ4n) is 3.26. The lowest BCUT2D eigenvalue weighted by Crippen LogP contribution is -2.28. The largest absolute Gasteiger partial charge is 0.325 e. The molecule has 1 saturated heterocycles. The summed E-state index contributed by atoms with van der Waals surface area (Å²) in [5.41, 5.74) is 6.13. The van der Waals surface area contributed by atoms with Crippen LogP contribution in [-0.2, 0) is 9.59 Å². The van der Waals surface area contributed by atoms with E-state index in [2.05, 4.69) is 5.32 Å². The van der Waals surface area contributed by atoms with E-state index in [1.807, 2.05) is 64.1 Å². The van der Waals surface area contributed by atoms with E-state index in [9.17, 15) is 9.59 Å². The van der Waals surface area contributed by atoms with Gasteiger partial charge in [-0.1, -0.05) is 24.3 Å². The lowest BCUT2D eigenvalue weighted by molar-refractivity contribution is -0.122. The Kier molecular flexibility index (Phi) is 4.62. The molecule has 130 valence electrons. The van der Waals surface area contributed by atoms with E-state index >= 15 is 0 Å². The lowest BCUT2D eigenvalue weighted by Gasteiger charge is -2.18. The van der Waals surface area contributed by atoms with Crippen LogP contribution in [0.4, 0.5) is 11.4 Å². The van der Waals surface area contributed by atoms with E-state index in [0.29, 0.717) is 6.54 Å². The van der Waals surface area contributed by atoms with Gasteiger partial charge in [0.05, 0.1) is 5.92 Å². The SMILES string of the molecule is Cc1ccc(N2C[C@@H](C(=O)Nc3c(C)cccc3C)CC2=O)cc1C. The number of carbonyl (C=O) groups is 2. The molecule has 1 heterocycles. The first kappa shape index (κ1) is 17.2. The Hall–Kier alpha value is -2.62. The van der Waals surface area contributed by atoms with Crippen LogP contribution in [0.3, 0.4) is 0 Å². The number of anilines is 2. The van der Waals surface area contributed by atoms with Gasteiger partial charge in [-0.05, 0) is 62.1 Å². The van der Waals surface area contributed by atoms with E-state index in [0.717, 1.165) is 28.1 Å². The molecule has 0 radical (unpaired) electrons. The van der Waals surface area contributed by atoms with Crippen molar-refractivity contribution in [2.45, 2.75) is 34.1 Å². The highest BCUT2D eigenvalue weighted by Gasteiger charge is 2.35. The number of nitrogens with one attached hydrogen (secondary N) is 1. The first-order chi connectivity index (χ1) is 11.9. The van der Waals surface area contributed by atoms with Crippen molar-refractivity contribution in [3.63, 3.8) is 0 Å². The average molecular weight is 336 g/mol. The van der Waals surface area contributed by atoms with Crippen LogP contribution in [0, 0.1) is 33.6 Å².